The minimum atomic E-state index is -3.44. The molecule has 0 aromatic rings. The summed E-state index contributed by atoms with van der Waals surface area (Å²) in [6, 6.07) is -3.33. The first-order valence-corrected chi connectivity index (χ1v) is 2.08. The van der Waals surface area contributed by atoms with Gasteiger partial charge >= 0.3 is 0 Å². The van der Waals surface area contributed by atoms with E-state index in [1.807, 2.05) is 0 Å². The lowest BCUT2D eigenvalue weighted by Crippen LogP contribution is -2.48. The van der Waals surface area contributed by atoms with Gasteiger partial charge in [-0.2, -0.15) is 0 Å². The molecule has 1 atom stereocenters. The van der Waals surface area contributed by atoms with Crippen LogP contribution in [0, 0.1) is 0 Å². The van der Waals surface area contributed by atoms with Crippen molar-refractivity contribution in [3.63, 3.8) is 0 Å². The summed E-state index contributed by atoms with van der Waals surface area (Å²) in [5.41, 5.74) is -0.652. The maximum absolute atomic E-state index is 11.4. The highest BCUT2D eigenvalue weighted by Gasteiger charge is 2.22. The van der Waals surface area contributed by atoms with Gasteiger partial charge in [0, 0.05) is 11.9 Å². The van der Waals surface area contributed by atoms with E-state index in [-0.39, 0.29) is 0 Å². The van der Waals surface area contributed by atoms with Gasteiger partial charge in [-0.25, -0.2) is 0 Å². The Bertz CT molecular complexity index is 384. The molecule has 0 aliphatic carbocycles. The maximum Gasteiger partial charge on any atom is 0.243 e. The molecule has 1 heterocycles. The predicted octanol–water partition coefficient (Wildman–Crippen LogP) is -1.25. The van der Waals surface area contributed by atoms with Gasteiger partial charge in [0.05, 0.1) is 7.39 Å². The van der Waals surface area contributed by atoms with Crippen LogP contribution in [-0.2, 0) is 9.59 Å². The maximum atomic E-state index is 11.4. The lowest BCUT2D eigenvalue weighted by Gasteiger charge is -2.15. The zero-order chi connectivity index (χ0) is 13.8. The fourth-order valence-corrected chi connectivity index (χ4v) is 0.339. The number of nitrogens with one attached hydrogen (secondary N) is 1. The van der Waals surface area contributed by atoms with Crippen molar-refractivity contribution in [3.05, 3.63) is 0 Å². The van der Waals surface area contributed by atoms with E-state index in [2.05, 4.69) is 0 Å². The molecule has 0 aromatic heterocycles. The van der Waals surface area contributed by atoms with Crippen LogP contribution in [0.4, 0.5) is 0 Å². The Labute approximate surface area is 63.8 Å². The molecule has 2 amide bonds. The third kappa shape index (κ3) is 1.26. The zero-order valence-electron chi connectivity index (χ0n) is 12.2. The molecule has 0 bridgehead atoms. The van der Waals surface area contributed by atoms with Crippen LogP contribution in [0.5, 0.6) is 0 Å². The second-order valence-corrected chi connectivity index (χ2v) is 1.32. The average Bonchev–Trinajstić information content (AvgIpc) is 2.22. The van der Waals surface area contributed by atoms with E-state index >= 15 is 0 Å². The lowest BCUT2D eigenvalue weighted by molar-refractivity contribution is -0.134. The fourth-order valence-electron chi connectivity index (χ4n) is 0.339. The molecular formula is C5H8N2O2. The van der Waals surface area contributed by atoms with Crippen molar-refractivity contribution >= 4 is 11.8 Å². The molecule has 3 N–H and O–H groups in total. The van der Waals surface area contributed by atoms with Gasteiger partial charge in [0.25, 0.3) is 0 Å². The molecule has 0 saturated carbocycles. The highest BCUT2D eigenvalue weighted by Crippen LogP contribution is 2.00. The minimum absolute atomic E-state index is 0.523. The normalized spacial score (nSPS) is 61.7. The van der Waals surface area contributed by atoms with Crippen LogP contribution >= 0.6 is 0 Å². The summed E-state index contributed by atoms with van der Waals surface area (Å²) in [4.78, 5) is 22.7. The molecule has 1 aliphatic heterocycles. The van der Waals surface area contributed by atoms with Gasteiger partial charge in [-0.3, -0.25) is 14.9 Å². The van der Waals surface area contributed by atoms with E-state index in [1.54, 1.807) is 0 Å². The Morgan fingerprint density at radius 3 is 3.56 bits per heavy atom. The number of hydrogen-bond donors (Lipinski definition) is 2. The molecule has 1 rings (SSSR count). The standard InChI is InChI=1S/C5H8N2O2/c6-3-1-2-4(8)7-5(3)9/h3H,1-2,6H2,(H,7,8,9)/t3-/m0/s1/i1D2,2D2,3D/hD3. The van der Waals surface area contributed by atoms with Gasteiger partial charge < -0.3 is 5.72 Å². The molecule has 4 heteroatoms. The first-order chi connectivity index (χ1) is 7.42. The number of hydrogen-bond acceptors (Lipinski definition) is 3. The van der Waals surface area contributed by atoms with Crippen molar-refractivity contribution < 1.29 is 20.7 Å². The molecule has 1 saturated heterocycles. The molecule has 4 nitrogen and oxygen atoms in total. The van der Waals surface area contributed by atoms with Crippen molar-refractivity contribution in [1.29, 1.82) is 0 Å². The second-order valence-electron chi connectivity index (χ2n) is 1.32. The lowest BCUT2D eigenvalue weighted by atomic mass is 10.1. The summed E-state index contributed by atoms with van der Waals surface area (Å²) in [7, 11) is 0. The van der Waals surface area contributed by atoms with E-state index < -0.39 is 41.6 Å². The van der Waals surface area contributed by atoms with Gasteiger partial charge in [-0.1, -0.05) is 0 Å². The monoisotopic (exact) mass is 136 g/mol. The van der Waals surface area contributed by atoms with E-state index in [9.17, 15) is 9.59 Å². The molecule has 0 unspecified atom stereocenters. The van der Waals surface area contributed by atoms with E-state index in [0.717, 1.165) is 0 Å². The quantitative estimate of drug-likeness (QED) is 0.442. The summed E-state index contributed by atoms with van der Waals surface area (Å²) in [6.45, 7) is 0. The molecule has 0 radical (unpaired) electrons. The van der Waals surface area contributed by atoms with Gasteiger partial charge in [-0.15, -0.1) is 0 Å². The van der Waals surface area contributed by atoms with Crippen LogP contribution in [0.2, 0.25) is 4.24 Å². The van der Waals surface area contributed by atoms with Crippen molar-refractivity contribution in [2.75, 3.05) is 0 Å². The largest absolute Gasteiger partial charge is 0.320 e. The van der Waals surface area contributed by atoms with Crippen LogP contribution in [0.25, 0.3) is 0 Å². The highest BCUT2D eigenvalue weighted by molar-refractivity contribution is 6.00. The van der Waals surface area contributed by atoms with Crippen LogP contribution < -0.4 is 11.0 Å². The number of amides is 2. The highest BCUT2D eigenvalue weighted by atomic mass is 16.2. The Balaban J connectivity index is 3.51. The molecule has 50 valence electrons. The van der Waals surface area contributed by atoms with Gasteiger partial charge in [0.15, 0.2) is 1.41 Å². The Morgan fingerprint density at radius 2 is 2.89 bits per heavy atom. The van der Waals surface area contributed by atoms with E-state index in [1.165, 1.54) is 0 Å². The van der Waals surface area contributed by atoms with Crippen molar-refractivity contribution in [2.24, 2.45) is 5.72 Å². The molecule has 0 aromatic carbocycles. The summed E-state index contributed by atoms with van der Waals surface area (Å²) in [5.74, 6) is -3.55. The number of nitrogens with two attached hydrogens (primary N) is 1. The Hall–Kier alpha value is -0.900. The SMILES string of the molecule is [2H]N1C(=O)C([2H])([2H])C([2H])([2H])[C@]([2H])(N([2H])[2H])C1=O. The Kier molecular flexibility index (Phi) is 0.375. The number of imide groups is 1. The van der Waals surface area contributed by atoms with Gasteiger partial charge in [-0.05, 0) is 6.37 Å². The number of carbonyl (C=O) groups excluding carboxylic acids is 2. The third-order valence-electron chi connectivity index (χ3n) is 0.694. The molecule has 0 spiro atoms. The zero-order valence-corrected chi connectivity index (χ0v) is 4.21. The summed E-state index contributed by atoms with van der Waals surface area (Å²) < 4.78 is 57.2. The van der Waals surface area contributed by atoms with Crippen LogP contribution in [0.3, 0.4) is 0 Å². The summed E-state index contributed by atoms with van der Waals surface area (Å²) in [5, 5.41) is -0.523. The van der Waals surface area contributed by atoms with E-state index in [0.29, 0.717) is 0 Å². The molecular weight excluding hydrogens is 120 g/mol. The van der Waals surface area contributed by atoms with Crippen LogP contribution in [-0.4, -0.2) is 17.8 Å². The third-order valence-corrected chi connectivity index (χ3v) is 0.694. The summed E-state index contributed by atoms with van der Waals surface area (Å²) >= 11 is 0. The smallest absolute Gasteiger partial charge is 0.243 e. The number of carbonyl (C=O) groups is 2. The van der Waals surface area contributed by atoms with Gasteiger partial charge in [0.1, 0.15) is 2.82 Å². The first kappa shape index (κ1) is 1.58. The minimum Gasteiger partial charge on any atom is -0.320 e. The number of rotatable bonds is 1. The molecule has 1 fully saturated rings. The van der Waals surface area contributed by atoms with Crippen molar-refractivity contribution in [2.45, 2.75) is 18.8 Å². The first-order valence-electron chi connectivity index (χ1n) is 5.92. The fraction of sp³-hybridized carbons (Fsp3) is 0.600. The molecule has 9 heavy (non-hydrogen) atoms. The second kappa shape index (κ2) is 2.14. The van der Waals surface area contributed by atoms with Gasteiger partial charge in [0.2, 0.25) is 11.8 Å². The van der Waals surface area contributed by atoms with Crippen LogP contribution in [0.1, 0.15) is 19.6 Å². The average molecular weight is 136 g/mol. The summed E-state index contributed by atoms with van der Waals surface area (Å²) in [6.07, 6.45) is -6.79. The topological polar surface area (TPSA) is 72.2 Å². The Morgan fingerprint density at radius 1 is 2.11 bits per heavy atom. The van der Waals surface area contributed by atoms with Crippen molar-refractivity contribution in [3.8, 4) is 0 Å². The van der Waals surface area contributed by atoms with E-state index in [4.69, 9.17) is 11.1 Å². The number of piperidine rings is 1. The predicted molar refractivity (Wildman–Crippen MR) is 30.4 cm³/mol. The van der Waals surface area contributed by atoms with Crippen LogP contribution in [0.15, 0.2) is 0 Å². The van der Waals surface area contributed by atoms with Crippen molar-refractivity contribution in [1.82, 2.24) is 5.31 Å². The molecule has 1 aliphatic rings.